The normalized spacial score (nSPS) is 30.4. The van der Waals surface area contributed by atoms with Crippen molar-refractivity contribution >= 4 is 15.9 Å². The molecule has 2 rings (SSSR count). The second-order valence-electron chi connectivity index (χ2n) is 6.41. The molecule has 0 amide bonds. The van der Waals surface area contributed by atoms with Crippen molar-refractivity contribution in [3.8, 4) is 0 Å². The largest absolute Gasteiger partial charge is 0.385 e. The minimum Gasteiger partial charge on any atom is -0.385 e. The SMILES string of the molecule is CC1CC(C)(C)CCC1(O)c1c(F)ccc(Br)c1F. The van der Waals surface area contributed by atoms with Gasteiger partial charge < -0.3 is 5.11 Å². The standard InChI is InChI=1S/C15H19BrF2O/c1-9-8-14(2,3)6-7-15(9,19)12-11(17)5-4-10(16)13(12)18/h4-5,9,19H,6-8H2,1-3H3. The van der Waals surface area contributed by atoms with Gasteiger partial charge in [0, 0.05) is 0 Å². The van der Waals surface area contributed by atoms with Crippen LogP contribution < -0.4 is 0 Å². The van der Waals surface area contributed by atoms with E-state index in [-0.39, 0.29) is 21.4 Å². The lowest BCUT2D eigenvalue weighted by Crippen LogP contribution is -2.43. The van der Waals surface area contributed by atoms with E-state index in [1.807, 2.05) is 6.92 Å². The maximum Gasteiger partial charge on any atom is 0.146 e. The number of aliphatic hydroxyl groups is 1. The Morgan fingerprint density at radius 2 is 1.89 bits per heavy atom. The fraction of sp³-hybridized carbons (Fsp3) is 0.600. The van der Waals surface area contributed by atoms with E-state index in [1.165, 1.54) is 12.1 Å². The van der Waals surface area contributed by atoms with Crippen LogP contribution in [0.2, 0.25) is 0 Å². The molecule has 0 radical (unpaired) electrons. The molecule has 1 aromatic carbocycles. The fourth-order valence-electron chi connectivity index (χ4n) is 3.17. The number of halogens is 3. The summed E-state index contributed by atoms with van der Waals surface area (Å²) in [7, 11) is 0. The van der Waals surface area contributed by atoms with E-state index in [0.717, 1.165) is 12.8 Å². The Bertz CT molecular complexity index is 501. The minimum absolute atomic E-state index is 0.102. The summed E-state index contributed by atoms with van der Waals surface area (Å²) in [5, 5.41) is 10.8. The van der Waals surface area contributed by atoms with Crippen molar-refractivity contribution in [1.29, 1.82) is 0 Å². The van der Waals surface area contributed by atoms with Gasteiger partial charge in [-0.05, 0) is 58.7 Å². The van der Waals surface area contributed by atoms with Crippen molar-refractivity contribution < 1.29 is 13.9 Å². The second kappa shape index (κ2) is 4.81. The molecule has 2 unspecified atom stereocenters. The van der Waals surface area contributed by atoms with Gasteiger partial charge in [-0.1, -0.05) is 20.8 Å². The predicted octanol–water partition coefficient (Wildman–Crippen LogP) is 4.76. The van der Waals surface area contributed by atoms with E-state index in [9.17, 15) is 13.9 Å². The summed E-state index contributed by atoms with van der Waals surface area (Å²) in [4.78, 5) is 0. The number of rotatable bonds is 1. The Morgan fingerprint density at radius 1 is 1.26 bits per heavy atom. The molecule has 0 aromatic heterocycles. The first-order valence-corrected chi connectivity index (χ1v) is 7.33. The van der Waals surface area contributed by atoms with E-state index in [2.05, 4.69) is 29.8 Å². The average Bonchev–Trinajstić information content (AvgIpc) is 2.30. The third kappa shape index (κ3) is 2.57. The molecule has 0 saturated heterocycles. The lowest BCUT2D eigenvalue weighted by molar-refractivity contribution is -0.0816. The molecule has 1 fully saturated rings. The van der Waals surface area contributed by atoms with E-state index >= 15 is 0 Å². The Balaban J connectivity index is 2.49. The van der Waals surface area contributed by atoms with Gasteiger partial charge in [0.15, 0.2) is 0 Å². The van der Waals surface area contributed by atoms with Crippen molar-refractivity contribution in [3.63, 3.8) is 0 Å². The summed E-state index contributed by atoms with van der Waals surface area (Å²) < 4.78 is 28.4. The van der Waals surface area contributed by atoms with Gasteiger partial charge in [0.05, 0.1) is 15.6 Å². The molecule has 0 aliphatic heterocycles. The number of hydrogen-bond acceptors (Lipinski definition) is 1. The summed E-state index contributed by atoms with van der Waals surface area (Å²) in [6, 6.07) is 2.53. The molecule has 106 valence electrons. The highest BCUT2D eigenvalue weighted by Crippen LogP contribution is 2.50. The summed E-state index contributed by atoms with van der Waals surface area (Å²) >= 11 is 3.06. The van der Waals surface area contributed by atoms with E-state index in [4.69, 9.17) is 0 Å². The summed E-state index contributed by atoms with van der Waals surface area (Å²) in [5.41, 5.74) is -1.51. The molecular weight excluding hydrogens is 314 g/mol. The third-order valence-corrected chi connectivity index (χ3v) is 4.95. The van der Waals surface area contributed by atoms with Crippen molar-refractivity contribution in [2.24, 2.45) is 11.3 Å². The molecule has 4 heteroatoms. The molecule has 1 saturated carbocycles. The van der Waals surface area contributed by atoms with Gasteiger partial charge in [-0.3, -0.25) is 0 Å². The fourth-order valence-corrected chi connectivity index (χ4v) is 3.50. The molecule has 1 aromatic rings. The molecule has 1 aliphatic carbocycles. The van der Waals surface area contributed by atoms with Gasteiger partial charge in [-0.2, -0.15) is 0 Å². The van der Waals surface area contributed by atoms with Crippen LogP contribution in [0.3, 0.4) is 0 Å². The number of hydrogen-bond donors (Lipinski definition) is 1. The highest BCUT2D eigenvalue weighted by molar-refractivity contribution is 9.10. The van der Waals surface area contributed by atoms with Crippen molar-refractivity contribution in [1.82, 2.24) is 0 Å². The maximum atomic E-state index is 14.2. The molecule has 19 heavy (non-hydrogen) atoms. The van der Waals surface area contributed by atoms with Gasteiger partial charge in [0.25, 0.3) is 0 Å². The second-order valence-corrected chi connectivity index (χ2v) is 7.27. The topological polar surface area (TPSA) is 20.2 Å². The average molecular weight is 333 g/mol. The lowest BCUT2D eigenvalue weighted by Gasteiger charge is -2.45. The van der Waals surface area contributed by atoms with Crippen LogP contribution in [-0.2, 0) is 5.60 Å². The highest BCUT2D eigenvalue weighted by atomic mass is 79.9. The molecule has 1 nitrogen and oxygen atoms in total. The first-order chi connectivity index (χ1) is 8.67. The van der Waals surface area contributed by atoms with Crippen LogP contribution in [0.4, 0.5) is 8.78 Å². The van der Waals surface area contributed by atoms with Crippen LogP contribution in [0.1, 0.15) is 45.6 Å². The van der Waals surface area contributed by atoms with Crippen LogP contribution in [0.25, 0.3) is 0 Å². The summed E-state index contributed by atoms with van der Waals surface area (Å²) in [5.74, 6) is -1.54. The zero-order chi connectivity index (χ0) is 14.4. The van der Waals surface area contributed by atoms with Gasteiger partial charge >= 0.3 is 0 Å². The Hall–Kier alpha value is -0.480. The van der Waals surface area contributed by atoms with Crippen LogP contribution in [0, 0.1) is 23.0 Å². The zero-order valence-electron chi connectivity index (χ0n) is 11.4. The van der Waals surface area contributed by atoms with E-state index < -0.39 is 17.2 Å². The van der Waals surface area contributed by atoms with Crippen molar-refractivity contribution in [2.75, 3.05) is 0 Å². The lowest BCUT2D eigenvalue weighted by atomic mass is 9.63. The molecule has 0 bridgehead atoms. The summed E-state index contributed by atoms with van der Waals surface area (Å²) in [6.45, 7) is 6.11. The smallest absolute Gasteiger partial charge is 0.146 e. The molecule has 1 N–H and O–H groups in total. The molecule has 2 atom stereocenters. The van der Waals surface area contributed by atoms with Gasteiger partial charge in [-0.25, -0.2) is 8.78 Å². The van der Waals surface area contributed by atoms with Gasteiger partial charge in [0.2, 0.25) is 0 Å². The van der Waals surface area contributed by atoms with E-state index in [0.29, 0.717) is 6.42 Å². The van der Waals surface area contributed by atoms with Crippen LogP contribution in [0.15, 0.2) is 16.6 Å². The first-order valence-electron chi connectivity index (χ1n) is 6.54. The van der Waals surface area contributed by atoms with E-state index in [1.54, 1.807) is 0 Å². The first kappa shape index (κ1) is 14.9. The Kier molecular flexibility index (Phi) is 3.78. The van der Waals surface area contributed by atoms with Gasteiger partial charge in [-0.15, -0.1) is 0 Å². The van der Waals surface area contributed by atoms with Gasteiger partial charge in [0.1, 0.15) is 11.6 Å². The molecule has 0 spiro atoms. The van der Waals surface area contributed by atoms with Crippen molar-refractivity contribution in [3.05, 3.63) is 33.8 Å². The third-order valence-electron chi connectivity index (χ3n) is 4.33. The monoisotopic (exact) mass is 332 g/mol. The molecular formula is C15H19BrF2O. The molecule has 1 aliphatic rings. The van der Waals surface area contributed by atoms with Crippen molar-refractivity contribution in [2.45, 2.75) is 45.6 Å². The predicted molar refractivity (Wildman–Crippen MR) is 74.8 cm³/mol. The quantitative estimate of drug-likeness (QED) is 0.735. The highest BCUT2D eigenvalue weighted by Gasteiger charge is 2.46. The molecule has 0 heterocycles. The Labute approximate surface area is 121 Å². The minimum atomic E-state index is -1.42. The van der Waals surface area contributed by atoms with Crippen LogP contribution >= 0.6 is 15.9 Å². The summed E-state index contributed by atoms with van der Waals surface area (Å²) in [6.07, 6.45) is 1.87. The van der Waals surface area contributed by atoms with Crippen LogP contribution in [0.5, 0.6) is 0 Å². The number of benzene rings is 1. The maximum absolute atomic E-state index is 14.2. The van der Waals surface area contributed by atoms with Crippen LogP contribution in [-0.4, -0.2) is 5.11 Å². The Morgan fingerprint density at radius 3 is 2.47 bits per heavy atom. The zero-order valence-corrected chi connectivity index (χ0v) is 13.0.